The molecule has 1 saturated heterocycles. The van der Waals surface area contributed by atoms with Gasteiger partial charge in [-0.05, 0) is 73.1 Å². The summed E-state index contributed by atoms with van der Waals surface area (Å²) in [4.78, 5) is 42.8. The number of piperazine rings is 1. The molecule has 2 amide bonds. The van der Waals surface area contributed by atoms with Crippen molar-refractivity contribution in [2.75, 3.05) is 33.4 Å². The van der Waals surface area contributed by atoms with E-state index >= 15 is 0 Å². The van der Waals surface area contributed by atoms with Crippen LogP contribution in [0.15, 0.2) is 66.2 Å². The second-order valence-electron chi connectivity index (χ2n) is 12.5. The SMILES string of the molecule is CCN(Cc1ccccc1Cl)C(=O)C1=C(c2ccc(CCCOc3c(F)ccc(F)c3F)cc2)C[C@@H]2CN(C(=O)CCCC(=O)OC)C[C@H]1N2. The molecule has 266 valence electrons. The summed E-state index contributed by atoms with van der Waals surface area (Å²) in [6.45, 7) is 3.46. The first kappa shape index (κ1) is 36.9. The van der Waals surface area contributed by atoms with Crippen LogP contribution in [0.1, 0.15) is 55.7 Å². The molecule has 2 aliphatic rings. The molecule has 2 atom stereocenters. The van der Waals surface area contributed by atoms with Crippen LogP contribution in [0.3, 0.4) is 0 Å². The first-order chi connectivity index (χ1) is 24.1. The number of rotatable bonds is 14. The Morgan fingerprint density at radius 1 is 0.960 bits per heavy atom. The smallest absolute Gasteiger partial charge is 0.305 e. The Labute approximate surface area is 295 Å². The van der Waals surface area contributed by atoms with Gasteiger partial charge in [-0.1, -0.05) is 54.1 Å². The molecule has 12 heteroatoms. The second-order valence-corrected chi connectivity index (χ2v) is 12.9. The number of esters is 1. The molecule has 5 rings (SSSR count). The minimum atomic E-state index is -1.35. The molecule has 0 aromatic heterocycles. The molecule has 0 unspecified atom stereocenters. The monoisotopic (exact) mass is 711 g/mol. The number of benzene rings is 3. The maximum atomic E-state index is 14.5. The van der Waals surface area contributed by atoms with E-state index in [-0.39, 0.29) is 43.3 Å². The van der Waals surface area contributed by atoms with E-state index < -0.39 is 29.2 Å². The molecule has 3 aromatic rings. The second kappa shape index (κ2) is 17.0. The summed E-state index contributed by atoms with van der Waals surface area (Å²) in [5.41, 5.74) is 4.18. The Kier molecular flexibility index (Phi) is 12.6. The van der Waals surface area contributed by atoms with Gasteiger partial charge in [0.1, 0.15) is 0 Å². The van der Waals surface area contributed by atoms with Crippen LogP contribution >= 0.6 is 11.6 Å². The van der Waals surface area contributed by atoms with Crippen molar-refractivity contribution in [2.45, 2.75) is 64.1 Å². The summed E-state index contributed by atoms with van der Waals surface area (Å²) in [5.74, 6) is -4.78. The minimum Gasteiger partial charge on any atom is -0.488 e. The number of nitrogens with one attached hydrogen (secondary N) is 1. The van der Waals surface area contributed by atoms with Gasteiger partial charge in [-0.25, -0.2) is 8.78 Å². The number of ether oxygens (including phenoxy) is 2. The number of halogens is 4. The largest absolute Gasteiger partial charge is 0.488 e. The number of methoxy groups -OCH3 is 1. The van der Waals surface area contributed by atoms with Crippen molar-refractivity contribution in [3.8, 4) is 5.75 Å². The predicted octanol–water partition coefficient (Wildman–Crippen LogP) is 6.49. The lowest BCUT2D eigenvalue weighted by Crippen LogP contribution is -2.62. The highest BCUT2D eigenvalue weighted by atomic mass is 35.5. The van der Waals surface area contributed by atoms with Crippen LogP contribution in [-0.4, -0.2) is 73.0 Å². The summed E-state index contributed by atoms with van der Waals surface area (Å²) < 4.78 is 51.3. The zero-order valence-corrected chi connectivity index (χ0v) is 28.9. The third-order valence-corrected chi connectivity index (χ3v) is 9.50. The third kappa shape index (κ3) is 8.86. The molecule has 1 N–H and O–H groups in total. The molecule has 3 aromatic carbocycles. The molecule has 50 heavy (non-hydrogen) atoms. The van der Waals surface area contributed by atoms with Crippen LogP contribution in [-0.2, 0) is 32.1 Å². The van der Waals surface area contributed by atoms with E-state index in [1.165, 1.54) is 7.11 Å². The van der Waals surface area contributed by atoms with Gasteiger partial charge in [0.2, 0.25) is 11.7 Å². The normalized spacial score (nSPS) is 17.0. The Morgan fingerprint density at radius 3 is 2.42 bits per heavy atom. The van der Waals surface area contributed by atoms with E-state index in [1.54, 1.807) is 15.9 Å². The van der Waals surface area contributed by atoms with E-state index in [2.05, 4.69) is 5.32 Å². The summed E-state index contributed by atoms with van der Waals surface area (Å²) in [7, 11) is 1.32. The van der Waals surface area contributed by atoms with Gasteiger partial charge < -0.3 is 24.6 Å². The first-order valence-corrected chi connectivity index (χ1v) is 17.2. The molecule has 8 nitrogen and oxygen atoms in total. The molecule has 0 saturated carbocycles. The summed E-state index contributed by atoms with van der Waals surface area (Å²) in [6, 6.07) is 16.3. The van der Waals surface area contributed by atoms with Crippen molar-refractivity contribution in [3.63, 3.8) is 0 Å². The van der Waals surface area contributed by atoms with Crippen LogP contribution in [0.5, 0.6) is 5.75 Å². The average molecular weight is 712 g/mol. The standard InChI is InChI=1S/C38H41ClF3N3O5/c1-3-44(21-26-9-4-5-10-29(26)39)38(48)35-28(20-27-22-45(23-32(35)43-27)33(46)11-6-12-34(47)49-2)25-15-13-24(14-16-25)8-7-19-50-37-31(41)18-17-30(40)36(37)42/h4-5,9-10,13-18,27,32,43H,3,6-8,11-12,19-23H2,1-2H3/t27-,32-/m1/s1. The zero-order chi connectivity index (χ0) is 35.8. The lowest BCUT2D eigenvalue weighted by molar-refractivity contribution is -0.141. The minimum absolute atomic E-state index is 0.00588. The molecule has 2 bridgehead atoms. The zero-order valence-electron chi connectivity index (χ0n) is 28.2. The van der Waals surface area contributed by atoms with Gasteiger partial charge in [0, 0.05) is 55.7 Å². The first-order valence-electron chi connectivity index (χ1n) is 16.8. The van der Waals surface area contributed by atoms with E-state index in [1.807, 2.05) is 49.4 Å². The highest BCUT2D eigenvalue weighted by Crippen LogP contribution is 2.35. The molecule has 2 heterocycles. The van der Waals surface area contributed by atoms with E-state index in [0.29, 0.717) is 68.5 Å². The van der Waals surface area contributed by atoms with Gasteiger partial charge in [0.15, 0.2) is 17.4 Å². The Bertz CT molecular complexity index is 1740. The molecule has 1 fully saturated rings. The van der Waals surface area contributed by atoms with E-state index in [0.717, 1.165) is 28.3 Å². The van der Waals surface area contributed by atoms with Crippen molar-refractivity contribution in [1.29, 1.82) is 0 Å². The summed E-state index contributed by atoms with van der Waals surface area (Å²) >= 11 is 6.47. The van der Waals surface area contributed by atoms with E-state index in [9.17, 15) is 27.6 Å². The van der Waals surface area contributed by atoms with Crippen LogP contribution in [0.4, 0.5) is 13.2 Å². The Morgan fingerprint density at radius 2 is 1.70 bits per heavy atom. The molecule has 0 radical (unpaired) electrons. The number of hydrogen-bond acceptors (Lipinski definition) is 6. The summed E-state index contributed by atoms with van der Waals surface area (Å²) in [5, 5.41) is 4.16. The molecule has 2 aliphatic heterocycles. The Hall–Kier alpha value is -4.35. The van der Waals surface area contributed by atoms with Crippen LogP contribution < -0.4 is 10.1 Å². The molecule has 0 aliphatic carbocycles. The maximum Gasteiger partial charge on any atom is 0.305 e. The number of hydrogen-bond donors (Lipinski definition) is 1. The lowest BCUT2D eigenvalue weighted by atomic mass is 9.82. The molecular weight excluding hydrogens is 671 g/mol. The quantitative estimate of drug-likeness (QED) is 0.117. The fraction of sp³-hybridized carbons (Fsp3) is 0.395. The number of fused-ring (bicyclic) bond motifs is 2. The fourth-order valence-corrected chi connectivity index (χ4v) is 6.70. The van der Waals surface area contributed by atoms with Crippen LogP contribution in [0.2, 0.25) is 5.02 Å². The number of likely N-dealkylation sites (N-methyl/N-ethyl adjacent to an activating group) is 1. The number of aryl methyl sites for hydroxylation is 1. The molecular formula is C38H41ClF3N3O5. The highest BCUT2D eigenvalue weighted by molar-refractivity contribution is 6.31. The highest BCUT2D eigenvalue weighted by Gasteiger charge is 2.40. The average Bonchev–Trinajstić information content (AvgIpc) is 3.12. The van der Waals surface area contributed by atoms with Crippen molar-refractivity contribution in [2.24, 2.45) is 0 Å². The third-order valence-electron chi connectivity index (χ3n) is 9.14. The van der Waals surface area contributed by atoms with Gasteiger partial charge in [-0.15, -0.1) is 0 Å². The Balaban J connectivity index is 1.35. The summed E-state index contributed by atoms with van der Waals surface area (Å²) in [6.07, 6.45) is 2.26. The van der Waals surface area contributed by atoms with Crippen LogP contribution in [0, 0.1) is 17.5 Å². The van der Waals surface area contributed by atoms with Crippen molar-refractivity contribution in [3.05, 3.63) is 105 Å². The molecule has 0 spiro atoms. The van der Waals surface area contributed by atoms with Gasteiger partial charge >= 0.3 is 5.97 Å². The maximum absolute atomic E-state index is 14.5. The van der Waals surface area contributed by atoms with Gasteiger partial charge in [-0.3, -0.25) is 14.4 Å². The van der Waals surface area contributed by atoms with Gasteiger partial charge in [0.25, 0.3) is 5.91 Å². The number of carbonyl (C=O) groups excluding carboxylic acids is 3. The number of carbonyl (C=O) groups is 3. The van der Waals surface area contributed by atoms with E-state index in [4.69, 9.17) is 21.1 Å². The number of nitrogens with zero attached hydrogens (tertiary/aromatic N) is 2. The topological polar surface area (TPSA) is 88.2 Å². The predicted molar refractivity (Wildman–Crippen MR) is 184 cm³/mol. The number of amides is 2. The van der Waals surface area contributed by atoms with Gasteiger partial charge in [0.05, 0.1) is 19.8 Å². The fourth-order valence-electron chi connectivity index (χ4n) is 6.51. The van der Waals surface area contributed by atoms with Crippen molar-refractivity contribution in [1.82, 2.24) is 15.1 Å². The van der Waals surface area contributed by atoms with Crippen molar-refractivity contribution < 1.29 is 37.0 Å². The van der Waals surface area contributed by atoms with Crippen LogP contribution in [0.25, 0.3) is 5.57 Å². The lowest BCUT2D eigenvalue weighted by Gasteiger charge is -2.45. The van der Waals surface area contributed by atoms with Gasteiger partial charge in [-0.2, -0.15) is 4.39 Å². The van der Waals surface area contributed by atoms with Crippen molar-refractivity contribution >= 4 is 35.0 Å².